The number of Topliss-reactive ketones (excluding diaryl/α,β-unsaturated/α-hetero) is 1. The fraction of sp³-hybridized carbons (Fsp3) is 0.842. The Bertz CT molecular complexity index is 484. The van der Waals surface area contributed by atoms with Crippen molar-refractivity contribution in [1.29, 1.82) is 0 Å². The van der Waals surface area contributed by atoms with Gasteiger partial charge in [-0.1, -0.05) is 12.8 Å². The average Bonchev–Trinajstić information content (AvgIpc) is 3.06. The minimum atomic E-state index is -0.492. The van der Waals surface area contributed by atoms with Crippen LogP contribution in [0, 0.1) is 5.92 Å². The van der Waals surface area contributed by atoms with Crippen molar-refractivity contribution < 1.29 is 19.1 Å². The summed E-state index contributed by atoms with van der Waals surface area (Å²) in [5.41, 5.74) is -0.492. The maximum absolute atomic E-state index is 12.1. The monoisotopic (exact) mass is 352 g/mol. The molecule has 1 saturated heterocycles. The van der Waals surface area contributed by atoms with E-state index in [-0.39, 0.29) is 36.2 Å². The largest absolute Gasteiger partial charge is 0.444 e. The van der Waals surface area contributed by atoms with Crippen LogP contribution in [0.3, 0.4) is 0 Å². The SMILES string of the molecule is CC(C)(C)OC(=O)N1CCC(NC(=O)CCC(=O)C2CCCC2)CC1. The highest BCUT2D eigenvalue weighted by Crippen LogP contribution is 2.26. The van der Waals surface area contributed by atoms with Crippen LogP contribution in [0.5, 0.6) is 0 Å². The summed E-state index contributed by atoms with van der Waals surface area (Å²) >= 11 is 0. The molecule has 0 spiro atoms. The first-order valence-electron chi connectivity index (χ1n) is 9.54. The summed E-state index contributed by atoms with van der Waals surface area (Å²) in [6.07, 6.45) is 6.04. The fourth-order valence-electron chi connectivity index (χ4n) is 3.52. The Morgan fingerprint density at radius 1 is 1.00 bits per heavy atom. The smallest absolute Gasteiger partial charge is 0.410 e. The van der Waals surface area contributed by atoms with E-state index in [1.807, 2.05) is 20.8 Å². The highest BCUT2D eigenvalue weighted by Gasteiger charge is 2.28. The molecule has 2 amide bonds. The van der Waals surface area contributed by atoms with Gasteiger partial charge in [0.2, 0.25) is 5.91 Å². The topological polar surface area (TPSA) is 75.7 Å². The summed E-state index contributed by atoms with van der Waals surface area (Å²) in [6, 6.07) is 0.0766. The molecule has 1 heterocycles. The van der Waals surface area contributed by atoms with Gasteiger partial charge < -0.3 is 15.0 Å². The summed E-state index contributed by atoms with van der Waals surface area (Å²) in [6.45, 7) is 6.72. The van der Waals surface area contributed by atoms with Crippen molar-refractivity contribution in [2.45, 2.75) is 83.8 Å². The molecule has 1 aliphatic heterocycles. The zero-order valence-electron chi connectivity index (χ0n) is 15.8. The number of piperidine rings is 1. The van der Waals surface area contributed by atoms with Crippen LogP contribution in [0.25, 0.3) is 0 Å². The van der Waals surface area contributed by atoms with Crippen LogP contribution in [-0.2, 0) is 14.3 Å². The molecule has 0 aromatic heterocycles. The van der Waals surface area contributed by atoms with Gasteiger partial charge in [-0.15, -0.1) is 0 Å². The van der Waals surface area contributed by atoms with E-state index in [1.165, 1.54) is 0 Å². The lowest BCUT2D eigenvalue weighted by Gasteiger charge is -2.33. The van der Waals surface area contributed by atoms with Crippen LogP contribution >= 0.6 is 0 Å². The molecule has 0 atom stereocenters. The lowest BCUT2D eigenvalue weighted by molar-refractivity contribution is -0.127. The lowest BCUT2D eigenvalue weighted by Crippen LogP contribution is -2.47. The summed E-state index contributed by atoms with van der Waals surface area (Å²) in [5, 5.41) is 3.00. The lowest BCUT2D eigenvalue weighted by atomic mass is 9.98. The van der Waals surface area contributed by atoms with Crippen molar-refractivity contribution in [3.63, 3.8) is 0 Å². The Labute approximate surface area is 150 Å². The Hall–Kier alpha value is -1.59. The highest BCUT2D eigenvalue weighted by molar-refractivity contribution is 5.86. The first kappa shape index (κ1) is 19.7. The molecule has 0 aromatic carbocycles. The second-order valence-electron chi connectivity index (χ2n) is 8.26. The number of nitrogens with one attached hydrogen (secondary N) is 1. The number of carbonyl (C=O) groups excluding carboxylic acids is 3. The van der Waals surface area contributed by atoms with E-state index in [2.05, 4.69) is 5.32 Å². The van der Waals surface area contributed by atoms with Gasteiger partial charge >= 0.3 is 6.09 Å². The van der Waals surface area contributed by atoms with Gasteiger partial charge in [-0.25, -0.2) is 4.79 Å². The molecule has 0 unspecified atom stereocenters. The molecule has 142 valence electrons. The summed E-state index contributed by atoms with van der Waals surface area (Å²) < 4.78 is 5.37. The summed E-state index contributed by atoms with van der Waals surface area (Å²) in [4.78, 5) is 37.8. The molecule has 1 aliphatic carbocycles. The number of amides is 2. The minimum absolute atomic E-state index is 0.0536. The van der Waals surface area contributed by atoms with Crippen molar-refractivity contribution in [2.24, 2.45) is 5.92 Å². The highest BCUT2D eigenvalue weighted by atomic mass is 16.6. The molecule has 1 N–H and O–H groups in total. The third kappa shape index (κ3) is 6.67. The molecule has 2 aliphatic rings. The Kier molecular flexibility index (Phi) is 6.85. The van der Waals surface area contributed by atoms with Gasteiger partial charge in [0.25, 0.3) is 0 Å². The number of ketones is 1. The molecule has 6 heteroatoms. The summed E-state index contributed by atoms with van der Waals surface area (Å²) in [7, 11) is 0. The Balaban J connectivity index is 1.64. The van der Waals surface area contributed by atoms with E-state index < -0.39 is 5.60 Å². The molecule has 0 radical (unpaired) electrons. The van der Waals surface area contributed by atoms with E-state index in [9.17, 15) is 14.4 Å². The number of ether oxygens (including phenoxy) is 1. The zero-order valence-corrected chi connectivity index (χ0v) is 15.8. The molecular weight excluding hydrogens is 320 g/mol. The number of rotatable bonds is 5. The van der Waals surface area contributed by atoms with E-state index in [0.29, 0.717) is 19.5 Å². The number of hydrogen-bond donors (Lipinski definition) is 1. The van der Waals surface area contributed by atoms with Crippen LogP contribution in [-0.4, -0.2) is 47.4 Å². The first-order chi connectivity index (χ1) is 11.7. The van der Waals surface area contributed by atoms with Crippen LogP contribution < -0.4 is 5.32 Å². The molecule has 25 heavy (non-hydrogen) atoms. The Morgan fingerprint density at radius 2 is 1.60 bits per heavy atom. The minimum Gasteiger partial charge on any atom is -0.444 e. The maximum Gasteiger partial charge on any atom is 0.410 e. The van der Waals surface area contributed by atoms with E-state index >= 15 is 0 Å². The third-order valence-corrected chi connectivity index (χ3v) is 4.92. The van der Waals surface area contributed by atoms with Crippen molar-refractivity contribution in [3.8, 4) is 0 Å². The number of nitrogens with zero attached hydrogens (tertiary/aromatic N) is 1. The molecule has 1 saturated carbocycles. The maximum atomic E-state index is 12.1. The van der Waals surface area contributed by atoms with Crippen molar-refractivity contribution >= 4 is 17.8 Å². The molecular formula is C19H32N2O4. The van der Waals surface area contributed by atoms with Gasteiger partial charge in [-0.2, -0.15) is 0 Å². The van der Waals surface area contributed by atoms with Gasteiger partial charge in [0, 0.05) is 37.9 Å². The molecule has 0 aromatic rings. The van der Waals surface area contributed by atoms with Gasteiger partial charge in [-0.05, 0) is 46.5 Å². The van der Waals surface area contributed by atoms with Crippen LogP contribution in [0.2, 0.25) is 0 Å². The van der Waals surface area contributed by atoms with Gasteiger partial charge in [0.15, 0.2) is 0 Å². The van der Waals surface area contributed by atoms with E-state index in [4.69, 9.17) is 4.74 Å². The number of likely N-dealkylation sites (tertiary alicyclic amines) is 1. The molecule has 6 nitrogen and oxygen atoms in total. The normalized spacial score (nSPS) is 19.7. The molecule has 0 bridgehead atoms. The first-order valence-corrected chi connectivity index (χ1v) is 9.54. The van der Waals surface area contributed by atoms with Crippen molar-refractivity contribution in [2.75, 3.05) is 13.1 Å². The van der Waals surface area contributed by atoms with Crippen molar-refractivity contribution in [3.05, 3.63) is 0 Å². The standard InChI is InChI=1S/C19H32N2O4/c1-19(2,3)25-18(24)21-12-10-15(11-13-21)20-17(23)9-8-16(22)14-6-4-5-7-14/h14-15H,4-13H2,1-3H3,(H,20,23). The second-order valence-corrected chi connectivity index (χ2v) is 8.26. The zero-order chi connectivity index (χ0) is 18.4. The quantitative estimate of drug-likeness (QED) is 0.825. The molecule has 2 fully saturated rings. The number of carbonyl (C=O) groups is 3. The van der Waals surface area contributed by atoms with Gasteiger partial charge in [0.05, 0.1) is 0 Å². The van der Waals surface area contributed by atoms with E-state index in [0.717, 1.165) is 38.5 Å². The van der Waals surface area contributed by atoms with Gasteiger partial charge in [-0.3, -0.25) is 9.59 Å². The number of hydrogen-bond acceptors (Lipinski definition) is 4. The third-order valence-electron chi connectivity index (χ3n) is 4.92. The van der Waals surface area contributed by atoms with Gasteiger partial charge in [0.1, 0.15) is 11.4 Å². The van der Waals surface area contributed by atoms with Crippen molar-refractivity contribution in [1.82, 2.24) is 10.2 Å². The predicted octanol–water partition coefficient (Wildman–Crippen LogP) is 3.04. The average molecular weight is 352 g/mol. The fourth-order valence-corrected chi connectivity index (χ4v) is 3.52. The van der Waals surface area contributed by atoms with Crippen LogP contribution in [0.15, 0.2) is 0 Å². The molecule has 2 rings (SSSR count). The predicted molar refractivity (Wildman–Crippen MR) is 95.2 cm³/mol. The Morgan fingerprint density at radius 3 is 2.16 bits per heavy atom. The summed E-state index contributed by atoms with van der Waals surface area (Å²) in [5.74, 6) is 0.374. The second kappa shape index (κ2) is 8.68. The van der Waals surface area contributed by atoms with Crippen LogP contribution in [0.4, 0.5) is 4.79 Å². The van der Waals surface area contributed by atoms with Crippen LogP contribution in [0.1, 0.15) is 72.1 Å². The van der Waals surface area contributed by atoms with E-state index in [1.54, 1.807) is 4.90 Å².